The number of carbonyl (C=O) groups excluding carboxylic acids is 2. The lowest BCUT2D eigenvalue weighted by atomic mass is 9.98. The number of para-hydroxylation sites is 1. The maximum absolute atomic E-state index is 13.6. The molecular weight excluding hydrogens is 390 g/mol. The van der Waals surface area contributed by atoms with E-state index in [2.05, 4.69) is 21.9 Å². The molecule has 1 saturated heterocycles. The number of benzene rings is 2. The number of anilines is 1. The number of amides is 2. The molecule has 6 nitrogen and oxygen atoms in total. The summed E-state index contributed by atoms with van der Waals surface area (Å²) in [5, 5.41) is 0. The van der Waals surface area contributed by atoms with E-state index >= 15 is 0 Å². The number of hydrogen-bond donors (Lipinski definition) is 0. The quantitative estimate of drug-likeness (QED) is 0.700. The van der Waals surface area contributed by atoms with E-state index in [0.717, 1.165) is 43.7 Å². The smallest absolute Gasteiger partial charge is 0.278 e. The zero-order valence-electron chi connectivity index (χ0n) is 17.6. The van der Waals surface area contributed by atoms with Crippen LogP contribution in [0.25, 0.3) is 5.57 Å². The van der Waals surface area contributed by atoms with Crippen molar-refractivity contribution in [2.75, 3.05) is 50.8 Å². The molecule has 160 valence electrons. The van der Waals surface area contributed by atoms with Crippen LogP contribution in [0.2, 0.25) is 0 Å². The summed E-state index contributed by atoms with van der Waals surface area (Å²) in [4.78, 5) is 32.9. The summed E-state index contributed by atoms with van der Waals surface area (Å²) in [6.07, 6.45) is 1.95. The minimum atomic E-state index is -0.192. The van der Waals surface area contributed by atoms with Crippen LogP contribution in [0.5, 0.6) is 0 Å². The van der Waals surface area contributed by atoms with Gasteiger partial charge in [0.15, 0.2) is 0 Å². The van der Waals surface area contributed by atoms with E-state index < -0.39 is 0 Å². The van der Waals surface area contributed by atoms with Gasteiger partial charge in [-0.1, -0.05) is 48.5 Å². The Bertz CT molecular complexity index is 1010. The molecule has 0 aromatic heterocycles. The maximum Gasteiger partial charge on any atom is 0.278 e. The van der Waals surface area contributed by atoms with Gasteiger partial charge in [0.25, 0.3) is 11.8 Å². The van der Waals surface area contributed by atoms with E-state index in [4.69, 9.17) is 4.74 Å². The summed E-state index contributed by atoms with van der Waals surface area (Å²) in [5.41, 5.74) is 4.09. The molecule has 3 aliphatic rings. The average molecular weight is 418 g/mol. The van der Waals surface area contributed by atoms with Gasteiger partial charge in [-0.3, -0.25) is 19.4 Å². The van der Waals surface area contributed by atoms with Crippen molar-refractivity contribution in [2.45, 2.75) is 12.8 Å². The predicted octanol–water partition coefficient (Wildman–Crippen LogP) is 2.55. The largest absolute Gasteiger partial charge is 0.379 e. The molecule has 2 aromatic rings. The first kappa shape index (κ1) is 20.0. The second-order valence-electron chi connectivity index (χ2n) is 8.19. The fourth-order valence-corrected chi connectivity index (χ4v) is 4.71. The molecule has 1 fully saturated rings. The third kappa shape index (κ3) is 3.77. The number of rotatable bonds is 5. The lowest BCUT2D eigenvalue weighted by molar-refractivity contribution is -0.137. The van der Waals surface area contributed by atoms with Gasteiger partial charge in [-0.15, -0.1) is 0 Å². The highest BCUT2D eigenvalue weighted by Crippen LogP contribution is 2.37. The van der Waals surface area contributed by atoms with Crippen molar-refractivity contribution in [3.8, 4) is 0 Å². The van der Waals surface area contributed by atoms with Crippen molar-refractivity contribution in [2.24, 2.45) is 0 Å². The summed E-state index contributed by atoms with van der Waals surface area (Å²) in [6.45, 7) is 4.87. The molecule has 0 N–H and O–H groups in total. The summed E-state index contributed by atoms with van der Waals surface area (Å²) < 4.78 is 5.41. The minimum absolute atomic E-state index is 0.186. The van der Waals surface area contributed by atoms with Crippen molar-refractivity contribution < 1.29 is 14.3 Å². The fourth-order valence-electron chi connectivity index (χ4n) is 4.71. The molecule has 3 aliphatic heterocycles. The Morgan fingerprint density at radius 2 is 1.55 bits per heavy atom. The predicted molar refractivity (Wildman–Crippen MR) is 119 cm³/mol. The van der Waals surface area contributed by atoms with Crippen LogP contribution in [0.15, 0.2) is 60.3 Å². The first-order valence-electron chi connectivity index (χ1n) is 11.1. The van der Waals surface area contributed by atoms with Gasteiger partial charge < -0.3 is 9.64 Å². The van der Waals surface area contributed by atoms with Crippen molar-refractivity contribution in [3.63, 3.8) is 0 Å². The number of nitrogens with zero attached hydrogens (tertiary/aromatic N) is 3. The molecule has 0 aliphatic carbocycles. The molecule has 5 rings (SSSR count). The molecule has 0 radical (unpaired) electrons. The van der Waals surface area contributed by atoms with Gasteiger partial charge in [-0.05, 0) is 30.0 Å². The lowest BCUT2D eigenvalue weighted by Gasteiger charge is -2.32. The van der Waals surface area contributed by atoms with Crippen molar-refractivity contribution >= 4 is 23.1 Å². The second kappa shape index (κ2) is 8.65. The lowest BCUT2D eigenvalue weighted by Crippen LogP contribution is -2.44. The number of morpholine rings is 1. The topological polar surface area (TPSA) is 53.1 Å². The highest BCUT2D eigenvalue weighted by atomic mass is 16.5. The van der Waals surface area contributed by atoms with Gasteiger partial charge >= 0.3 is 0 Å². The molecule has 0 saturated carbocycles. The number of hydrogen-bond acceptors (Lipinski definition) is 5. The van der Waals surface area contributed by atoms with Crippen molar-refractivity contribution in [1.29, 1.82) is 0 Å². The Balaban J connectivity index is 1.50. The molecule has 3 heterocycles. The van der Waals surface area contributed by atoms with Gasteiger partial charge in [-0.25, -0.2) is 0 Å². The van der Waals surface area contributed by atoms with Crippen LogP contribution in [-0.4, -0.2) is 67.6 Å². The SMILES string of the molecule is O=C1C(c2ccccc2)=C(N2CCCc3ccccc32)C(=O)N1CCN1CCOCC1. The Morgan fingerprint density at radius 3 is 2.35 bits per heavy atom. The molecule has 0 bridgehead atoms. The maximum atomic E-state index is 13.6. The molecular formula is C25H27N3O3. The van der Waals surface area contributed by atoms with Crippen LogP contribution in [0.1, 0.15) is 17.5 Å². The van der Waals surface area contributed by atoms with Gasteiger partial charge in [0.05, 0.1) is 18.8 Å². The fraction of sp³-hybridized carbons (Fsp3) is 0.360. The van der Waals surface area contributed by atoms with Gasteiger partial charge in [0, 0.05) is 38.4 Å². The third-order valence-corrected chi connectivity index (χ3v) is 6.33. The molecule has 0 atom stereocenters. The summed E-state index contributed by atoms with van der Waals surface area (Å²) in [7, 11) is 0. The Morgan fingerprint density at radius 1 is 0.806 bits per heavy atom. The first-order chi connectivity index (χ1) is 15.2. The standard InChI is InChI=1S/C25H27N3O3/c29-24-22(20-8-2-1-3-9-20)23(27-12-6-10-19-7-4-5-11-21(19)27)25(30)28(24)14-13-26-15-17-31-18-16-26/h1-5,7-9,11H,6,10,12-18H2. The van der Waals surface area contributed by atoms with E-state index in [0.29, 0.717) is 37.6 Å². The van der Waals surface area contributed by atoms with E-state index in [1.165, 1.54) is 10.5 Å². The van der Waals surface area contributed by atoms with Crippen LogP contribution < -0.4 is 4.90 Å². The highest BCUT2D eigenvalue weighted by Gasteiger charge is 2.42. The Hall–Kier alpha value is -2.96. The summed E-state index contributed by atoms with van der Waals surface area (Å²) in [6, 6.07) is 17.8. The summed E-state index contributed by atoms with van der Waals surface area (Å²) in [5.74, 6) is -0.378. The zero-order chi connectivity index (χ0) is 21.2. The molecule has 0 spiro atoms. The van der Waals surface area contributed by atoms with Gasteiger partial charge in [0.2, 0.25) is 0 Å². The minimum Gasteiger partial charge on any atom is -0.379 e. The van der Waals surface area contributed by atoms with E-state index in [1.807, 2.05) is 42.5 Å². The molecule has 2 aromatic carbocycles. The number of aryl methyl sites for hydroxylation is 1. The van der Waals surface area contributed by atoms with Crippen LogP contribution >= 0.6 is 0 Å². The third-order valence-electron chi connectivity index (χ3n) is 6.33. The van der Waals surface area contributed by atoms with E-state index in [1.54, 1.807) is 0 Å². The van der Waals surface area contributed by atoms with Crippen molar-refractivity contribution in [1.82, 2.24) is 9.80 Å². The average Bonchev–Trinajstić information content (AvgIpc) is 3.08. The monoisotopic (exact) mass is 417 g/mol. The number of carbonyl (C=O) groups is 2. The van der Waals surface area contributed by atoms with Gasteiger partial charge in [0.1, 0.15) is 5.70 Å². The number of fused-ring (bicyclic) bond motifs is 1. The van der Waals surface area contributed by atoms with E-state index in [-0.39, 0.29) is 11.8 Å². The molecule has 2 amide bonds. The zero-order valence-corrected chi connectivity index (χ0v) is 17.6. The number of imide groups is 1. The molecule has 6 heteroatoms. The second-order valence-corrected chi connectivity index (χ2v) is 8.19. The van der Waals surface area contributed by atoms with Crippen molar-refractivity contribution in [3.05, 3.63) is 71.4 Å². The van der Waals surface area contributed by atoms with E-state index in [9.17, 15) is 9.59 Å². The first-order valence-corrected chi connectivity index (χ1v) is 11.1. The molecule has 31 heavy (non-hydrogen) atoms. The Kier molecular flexibility index (Phi) is 5.57. The number of ether oxygens (including phenoxy) is 1. The summed E-state index contributed by atoms with van der Waals surface area (Å²) >= 11 is 0. The van der Waals surface area contributed by atoms with Gasteiger partial charge in [-0.2, -0.15) is 0 Å². The Labute approximate surface area is 182 Å². The highest BCUT2D eigenvalue weighted by molar-refractivity contribution is 6.36. The van der Waals surface area contributed by atoms with Crippen LogP contribution in [-0.2, 0) is 20.7 Å². The van der Waals surface area contributed by atoms with Crippen LogP contribution in [0.3, 0.4) is 0 Å². The molecule has 0 unspecified atom stereocenters. The van der Waals surface area contributed by atoms with Crippen LogP contribution in [0.4, 0.5) is 5.69 Å². The van der Waals surface area contributed by atoms with Crippen LogP contribution in [0, 0.1) is 0 Å². The normalized spacial score (nSPS) is 19.9.